The largest absolute Gasteiger partial charge is 0.352 e. The highest BCUT2D eigenvalue weighted by atomic mass is 32.1. The number of amides is 2. The quantitative estimate of drug-likeness (QED) is 0.761. The van der Waals surface area contributed by atoms with E-state index in [1.807, 2.05) is 0 Å². The van der Waals surface area contributed by atoms with Crippen molar-refractivity contribution >= 4 is 39.2 Å². The van der Waals surface area contributed by atoms with Crippen LogP contribution in [-0.2, 0) is 22.4 Å². The molecule has 2 aromatic heterocycles. The Morgan fingerprint density at radius 2 is 2.04 bits per heavy atom. The highest BCUT2D eigenvalue weighted by Crippen LogP contribution is 2.39. The van der Waals surface area contributed by atoms with E-state index in [9.17, 15) is 9.59 Å². The second kappa shape index (κ2) is 5.66. The van der Waals surface area contributed by atoms with Crippen LogP contribution in [0.25, 0.3) is 10.2 Å². The lowest BCUT2D eigenvalue weighted by Crippen LogP contribution is -2.65. The maximum absolute atomic E-state index is 12.0. The molecule has 2 aromatic rings. The van der Waals surface area contributed by atoms with E-state index in [4.69, 9.17) is 0 Å². The summed E-state index contributed by atoms with van der Waals surface area (Å²) in [5, 5.41) is 3.91. The number of hydrogen-bond donors (Lipinski definition) is 1. The van der Waals surface area contributed by atoms with Crippen LogP contribution in [0.4, 0.5) is 5.82 Å². The minimum atomic E-state index is -0.485. The zero-order valence-corrected chi connectivity index (χ0v) is 14.6. The fourth-order valence-corrected chi connectivity index (χ4v) is 5.44. The minimum Gasteiger partial charge on any atom is -0.352 e. The Morgan fingerprint density at radius 3 is 2.96 bits per heavy atom. The van der Waals surface area contributed by atoms with Gasteiger partial charge >= 0.3 is 11.8 Å². The molecule has 7 nitrogen and oxygen atoms in total. The van der Waals surface area contributed by atoms with Crippen molar-refractivity contribution in [3.63, 3.8) is 0 Å². The fourth-order valence-electron chi connectivity index (χ4n) is 4.22. The first kappa shape index (κ1) is 15.1. The summed E-state index contributed by atoms with van der Waals surface area (Å²) in [5.74, 6) is 0.103. The van der Waals surface area contributed by atoms with Gasteiger partial charge in [-0.05, 0) is 31.2 Å². The Morgan fingerprint density at radius 1 is 1.16 bits per heavy atom. The third-order valence-electron chi connectivity index (χ3n) is 5.47. The number of hydrogen-bond acceptors (Lipinski definition) is 6. The van der Waals surface area contributed by atoms with E-state index in [2.05, 4.69) is 20.2 Å². The van der Waals surface area contributed by atoms with E-state index in [1.54, 1.807) is 22.6 Å². The Balaban J connectivity index is 1.51. The zero-order valence-electron chi connectivity index (χ0n) is 13.8. The van der Waals surface area contributed by atoms with Crippen molar-refractivity contribution in [2.75, 3.05) is 31.1 Å². The summed E-state index contributed by atoms with van der Waals surface area (Å²) in [6, 6.07) is 0.0124. The van der Waals surface area contributed by atoms with Crippen LogP contribution >= 0.6 is 11.3 Å². The van der Waals surface area contributed by atoms with Gasteiger partial charge in [0.15, 0.2) is 0 Å². The molecule has 2 saturated heterocycles. The maximum Gasteiger partial charge on any atom is 0.312 e. The first-order chi connectivity index (χ1) is 12.2. The number of aromatic nitrogens is 2. The maximum atomic E-state index is 12.0. The van der Waals surface area contributed by atoms with Crippen molar-refractivity contribution < 1.29 is 9.59 Å². The Bertz CT molecular complexity index is 879. The minimum absolute atomic E-state index is 0.0124. The number of anilines is 1. The number of piperazine rings is 2. The van der Waals surface area contributed by atoms with E-state index < -0.39 is 11.8 Å². The molecule has 0 bridgehead atoms. The molecule has 2 fully saturated rings. The van der Waals surface area contributed by atoms with Crippen LogP contribution < -0.4 is 10.2 Å². The number of nitrogens with zero attached hydrogens (tertiary/aromatic N) is 4. The summed E-state index contributed by atoms with van der Waals surface area (Å²) < 4.78 is 0. The molecule has 1 atom stereocenters. The van der Waals surface area contributed by atoms with Crippen LogP contribution in [0, 0.1) is 0 Å². The fraction of sp³-hybridized carbons (Fsp3) is 0.529. The van der Waals surface area contributed by atoms with Crippen molar-refractivity contribution in [1.82, 2.24) is 20.2 Å². The van der Waals surface area contributed by atoms with Gasteiger partial charge in [-0.3, -0.25) is 9.59 Å². The number of carbonyl (C=O) groups excluding carboxylic acids is 2. The molecule has 0 spiro atoms. The first-order valence-corrected chi connectivity index (χ1v) is 9.63. The average Bonchev–Trinajstić information content (AvgIpc) is 3.03. The van der Waals surface area contributed by atoms with E-state index in [1.165, 1.54) is 28.7 Å². The monoisotopic (exact) mass is 357 g/mol. The molecule has 130 valence electrons. The van der Waals surface area contributed by atoms with Gasteiger partial charge in [-0.25, -0.2) is 9.97 Å². The summed E-state index contributed by atoms with van der Waals surface area (Å²) in [6.07, 6.45) is 6.38. The van der Waals surface area contributed by atoms with Crippen molar-refractivity contribution in [3.05, 3.63) is 16.8 Å². The van der Waals surface area contributed by atoms with Crippen LogP contribution in [0.15, 0.2) is 6.33 Å². The molecule has 1 aliphatic carbocycles. The van der Waals surface area contributed by atoms with Crippen molar-refractivity contribution in [3.8, 4) is 0 Å². The number of rotatable bonds is 1. The second-order valence-electron chi connectivity index (χ2n) is 6.90. The van der Waals surface area contributed by atoms with Crippen LogP contribution in [0.2, 0.25) is 0 Å². The highest BCUT2D eigenvalue weighted by molar-refractivity contribution is 7.19. The van der Waals surface area contributed by atoms with E-state index in [-0.39, 0.29) is 6.04 Å². The van der Waals surface area contributed by atoms with Crippen molar-refractivity contribution in [1.29, 1.82) is 0 Å². The summed E-state index contributed by atoms with van der Waals surface area (Å²) in [4.78, 5) is 39.2. The summed E-state index contributed by atoms with van der Waals surface area (Å²) >= 11 is 1.80. The summed E-state index contributed by atoms with van der Waals surface area (Å²) in [7, 11) is 0. The number of fused-ring (bicyclic) bond motifs is 4. The van der Waals surface area contributed by atoms with E-state index in [0.29, 0.717) is 26.2 Å². The van der Waals surface area contributed by atoms with Crippen LogP contribution in [-0.4, -0.2) is 58.9 Å². The molecule has 0 radical (unpaired) electrons. The SMILES string of the molecule is O=C1NC[C@@H]2CN(c3ncnc4sc5c(c34)CCCC5)CCN2C1=O. The van der Waals surface area contributed by atoms with Crippen LogP contribution in [0.5, 0.6) is 0 Å². The van der Waals surface area contributed by atoms with Gasteiger partial charge in [0.2, 0.25) is 0 Å². The summed E-state index contributed by atoms with van der Waals surface area (Å²) in [6.45, 7) is 2.47. The number of nitrogens with one attached hydrogen (secondary N) is 1. The average molecular weight is 357 g/mol. The van der Waals surface area contributed by atoms with Gasteiger partial charge < -0.3 is 15.1 Å². The standard InChI is InChI=1S/C17H19N5O2S/c23-15-17(24)22-6-5-21(8-10(22)7-18-15)14-13-11-3-1-2-4-12(11)25-16(13)20-9-19-14/h9-10H,1-8H2,(H,18,23)/t10-/m1/s1. The van der Waals surface area contributed by atoms with Gasteiger partial charge in [0.25, 0.3) is 0 Å². The Hall–Kier alpha value is -2.22. The second-order valence-corrected chi connectivity index (χ2v) is 7.98. The Kier molecular flexibility index (Phi) is 3.41. The molecule has 0 saturated carbocycles. The number of aryl methyl sites for hydroxylation is 2. The molecule has 5 rings (SSSR count). The normalized spacial score (nSPS) is 23.4. The lowest BCUT2D eigenvalue weighted by molar-refractivity contribution is -0.150. The molecular weight excluding hydrogens is 338 g/mol. The molecular formula is C17H19N5O2S. The molecule has 3 aliphatic rings. The first-order valence-electron chi connectivity index (χ1n) is 8.81. The number of carbonyl (C=O) groups is 2. The lowest BCUT2D eigenvalue weighted by Gasteiger charge is -2.43. The number of thiophene rings is 1. The molecule has 8 heteroatoms. The molecule has 1 N–H and O–H groups in total. The Labute approximate surface area is 149 Å². The highest BCUT2D eigenvalue weighted by Gasteiger charge is 2.38. The smallest absolute Gasteiger partial charge is 0.312 e. The molecule has 0 unspecified atom stereocenters. The third kappa shape index (κ3) is 2.31. The van der Waals surface area contributed by atoms with Crippen LogP contribution in [0.3, 0.4) is 0 Å². The predicted molar refractivity (Wildman–Crippen MR) is 94.8 cm³/mol. The van der Waals surface area contributed by atoms with Crippen LogP contribution in [0.1, 0.15) is 23.3 Å². The summed E-state index contributed by atoms with van der Waals surface area (Å²) in [5.41, 5.74) is 1.43. The van der Waals surface area contributed by atoms with Gasteiger partial charge in [-0.2, -0.15) is 0 Å². The van der Waals surface area contributed by atoms with Crippen molar-refractivity contribution in [2.45, 2.75) is 31.7 Å². The lowest BCUT2D eigenvalue weighted by atomic mass is 9.96. The molecule has 0 aromatic carbocycles. The van der Waals surface area contributed by atoms with Gasteiger partial charge in [0.05, 0.1) is 11.4 Å². The van der Waals surface area contributed by atoms with Gasteiger partial charge in [0.1, 0.15) is 17.0 Å². The molecule has 4 heterocycles. The predicted octanol–water partition coefficient (Wildman–Crippen LogP) is 0.717. The van der Waals surface area contributed by atoms with E-state index in [0.717, 1.165) is 23.5 Å². The molecule has 2 amide bonds. The van der Waals surface area contributed by atoms with Gasteiger partial charge in [0, 0.05) is 31.1 Å². The van der Waals surface area contributed by atoms with E-state index >= 15 is 0 Å². The van der Waals surface area contributed by atoms with Crippen molar-refractivity contribution in [2.24, 2.45) is 0 Å². The van der Waals surface area contributed by atoms with Gasteiger partial charge in [-0.1, -0.05) is 0 Å². The molecule has 2 aliphatic heterocycles. The molecule has 25 heavy (non-hydrogen) atoms. The van der Waals surface area contributed by atoms with Gasteiger partial charge in [-0.15, -0.1) is 11.3 Å². The third-order valence-corrected chi connectivity index (χ3v) is 6.67. The zero-order chi connectivity index (χ0) is 17.0. The topological polar surface area (TPSA) is 78.4 Å².